The summed E-state index contributed by atoms with van der Waals surface area (Å²) in [6, 6.07) is 22.0. The zero-order chi connectivity index (χ0) is 19.3. The van der Waals surface area contributed by atoms with Crippen molar-refractivity contribution in [2.24, 2.45) is 0 Å². The van der Waals surface area contributed by atoms with E-state index in [9.17, 15) is 13.2 Å². The molecule has 0 saturated heterocycles. The molecule has 0 unspecified atom stereocenters. The largest absolute Gasteiger partial charge is 0.322 e. The average molecular weight is 399 g/mol. The van der Waals surface area contributed by atoms with E-state index in [-0.39, 0.29) is 10.8 Å². The van der Waals surface area contributed by atoms with Crippen LogP contribution in [0.5, 0.6) is 0 Å². The van der Waals surface area contributed by atoms with Crippen LogP contribution in [-0.2, 0) is 10.0 Å². The number of anilines is 2. The number of hydrogen-bond acceptors (Lipinski definition) is 4. The maximum absolute atomic E-state index is 12.4. The van der Waals surface area contributed by atoms with Gasteiger partial charge in [-0.05, 0) is 60.9 Å². The average Bonchev–Trinajstić information content (AvgIpc) is 2.69. The number of carbonyl (C=O) groups is 1. The van der Waals surface area contributed by atoms with Gasteiger partial charge in [0, 0.05) is 21.8 Å². The highest BCUT2D eigenvalue weighted by Crippen LogP contribution is 2.20. The monoisotopic (exact) mass is 398 g/mol. The molecule has 0 aliphatic heterocycles. The van der Waals surface area contributed by atoms with Crippen molar-refractivity contribution in [1.29, 1.82) is 0 Å². The highest BCUT2D eigenvalue weighted by molar-refractivity contribution is 7.98. The van der Waals surface area contributed by atoms with Gasteiger partial charge in [-0.2, -0.15) is 0 Å². The van der Waals surface area contributed by atoms with Crippen LogP contribution in [0.2, 0.25) is 0 Å². The highest BCUT2D eigenvalue weighted by Gasteiger charge is 2.14. The SMILES string of the molecule is CSc1cccc(NC(=O)c2ccc(NS(=O)(=O)c3ccccc3)cc2)c1. The molecule has 27 heavy (non-hydrogen) atoms. The first-order chi connectivity index (χ1) is 13.0. The standard InChI is InChI=1S/C20H18N2O3S2/c1-26-18-7-5-6-17(14-18)21-20(23)15-10-12-16(13-11-15)22-27(24,25)19-8-3-2-4-9-19/h2-14,22H,1H3,(H,21,23). The summed E-state index contributed by atoms with van der Waals surface area (Å²) in [6.45, 7) is 0. The van der Waals surface area contributed by atoms with Gasteiger partial charge in [0.25, 0.3) is 15.9 Å². The van der Waals surface area contributed by atoms with Crippen molar-refractivity contribution in [1.82, 2.24) is 0 Å². The number of rotatable bonds is 6. The van der Waals surface area contributed by atoms with E-state index in [0.29, 0.717) is 16.9 Å². The number of nitrogens with one attached hydrogen (secondary N) is 2. The van der Waals surface area contributed by atoms with Crippen LogP contribution < -0.4 is 10.0 Å². The summed E-state index contributed by atoms with van der Waals surface area (Å²) in [5, 5.41) is 2.84. The lowest BCUT2D eigenvalue weighted by Gasteiger charge is -2.09. The van der Waals surface area contributed by atoms with Crippen LogP contribution in [0.1, 0.15) is 10.4 Å². The van der Waals surface area contributed by atoms with Gasteiger partial charge in [-0.15, -0.1) is 11.8 Å². The second-order valence-corrected chi connectivity index (χ2v) is 8.24. The lowest BCUT2D eigenvalue weighted by molar-refractivity contribution is 0.102. The van der Waals surface area contributed by atoms with Gasteiger partial charge in [-0.3, -0.25) is 9.52 Å². The Labute approximate surface area is 162 Å². The number of thioether (sulfide) groups is 1. The van der Waals surface area contributed by atoms with E-state index in [2.05, 4.69) is 10.0 Å². The molecule has 0 bridgehead atoms. The Morgan fingerprint density at radius 3 is 2.22 bits per heavy atom. The van der Waals surface area contributed by atoms with Gasteiger partial charge in [0.1, 0.15) is 0 Å². The van der Waals surface area contributed by atoms with Crippen LogP contribution in [0.3, 0.4) is 0 Å². The van der Waals surface area contributed by atoms with E-state index < -0.39 is 10.0 Å². The van der Waals surface area contributed by atoms with E-state index in [0.717, 1.165) is 4.90 Å². The Morgan fingerprint density at radius 1 is 0.852 bits per heavy atom. The molecule has 0 aliphatic rings. The predicted octanol–water partition coefficient (Wildman–Crippen LogP) is 4.46. The zero-order valence-corrected chi connectivity index (χ0v) is 16.2. The Bertz CT molecular complexity index is 1030. The van der Waals surface area contributed by atoms with Crippen LogP contribution in [-0.4, -0.2) is 20.6 Å². The summed E-state index contributed by atoms with van der Waals surface area (Å²) in [4.78, 5) is 13.6. The molecule has 0 radical (unpaired) electrons. The molecule has 3 aromatic rings. The maximum Gasteiger partial charge on any atom is 0.261 e. The Kier molecular flexibility index (Phi) is 5.83. The van der Waals surface area contributed by atoms with Crippen molar-refractivity contribution in [2.75, 3.05) is 16.3 Å². The number of sulfonamides is 1. The van der Waals surface area contributed by atoms with E-state index in [1.54, 1.807) is 54.2 Å². The second-order valence-electron chi connectivity index (χ2n) is 5.68. The minimum absolute atomic E-state index is 0.181. The van der Waals surface area contributed by atoms with Gasteiger partial charge < -0.3 is 5.32 Å². The predicted molar refractivity (Wildman–Crippen MR) is 110 cm³/mol. The van der Waals surface area contributed by atoms with Crippen LogP contribution in [0, 0.1) is 0 Å². The van der Waals surface area contributed by atoms with Gasteiger partial charge in [-0.1, -0.05) is 24.3 Å². The molecule has 0 aliphatic carbocycles. The van der Waals surface area contributed by atoms with Gasteiger partial charge in [0.2, 0.25) is 0 Å². The van der Waals surface area contributed by atoms with Crippen LogP contribution >= 0.6 is 11.8 Å². The third-order valence-electron chi connectivity index (χ3n) is 3.78. The van der Waals surface area contributed by atoms with Crippen molar-refractivity contribution in [3.05, 3.63) is 84.4 Å². The number of benzene rings is 3. The number of hydrogen-bond donors (Lipinski definition) is 2. The van der Waals surface area contributed by atoms with Crippen molar-refractivity contribution in [3.63, 3.8) is 0 Å². The molecule has 3 rings (SSSR count). The van der Waals surface area contributed by atoms with Crippen LogP contribution in [0.15, 0.2) is 88.7 Å². The van der Waals surface area contributed by atoms with Gasteiger partial charge in [-0.25, -0.2) is 8.42 Å². The molecule has 2 N–H and O–H groups in total. The minimum Gasteiger partial charge on any atom is -0.322 e. The van der Waals surface area contributed by atoms with E-state index in [4.69, 9.17) is 0 Å². The molecule has 0 spiro atoms. The molecule has 0 heterocycles. The molecule has 5 nitrogen and oxygen atoms in total. The van der Waals surface area contributed by atoms with Crippen molar-refractivity contribution in [2.45, 2.75) is 9.79 Å². The highest BCUT2D eigenvalue weighted by atomic mass is 32.2. The lowest BCUT2D eigenvalue weighted by Crippen LogP contribution is -2.14. The van der Waals surface area contributed by atoms with E-state index >= 15 is 0 Å². The van der Waals surface area contributed by atoms with E-state index in [1.165, 1.54) is 12.1 Å². The fourth-order valence-corrected chi connectivity index (χ4v) is 3.95. The van der Waals surface area contributed by atoms with Gasteiger partial charge >= 0.3 is 0 Å². The minimum atomic E-state index is -3.66. The summed E-state index contributed by atoms with van der Waals surface area (Å²) in [7, 11) is -3.66. The molecular formula is C20H18N2O3S2. The summed E-state index contributed by atoms with van der Waals surface area (Å²) in [6.07, 6.45) is 1.97. The lowest BCUT2D eigenvalue weighted by atomic mass is 10.2. The fourth-order valence-electron chi connectivity index (χ4n) is 2.41. The summed E-state index contributed by atoms with van der Waals surface area (Å²) < 4.78 is 27.2. The van der Waals surface area contributed by atoms with Crippen molar-refractivity contribution in [3.8, 4) is 0 Å². The fraction of sp³-hybridized carbons (Fsp3) is 0.0500. The second kappa shape index (κ2) is 8.28. The summed E-state index contributed by atoms with van der Waals surface area (Å²) >= 11 is 1.59. The maximum atomic E-state index is 12.4. The number of carbonyl (C=O) groups excluding carboxylic acids is 1. The molecule has 3 aromatic carbocycles. The Morgan fingerprint density at radius 2 is 1.56 bits per heavy atom. The smallest absolute Gasteiger partial charge is 0.261 e. The van der Waals surface area contributed by atoms with Crippen molar-refractivity contribution < 1.29 is 13.2 Å². The summed E-state index contributed by atoms with van der Waals surface area (Å²) in [5.41, 5.74) is 1.53. The molecule has 7 heteroatoms. The molecule has 1 amide bonds. The third kappa shape index (κ3) is 4.90. The number of amides is 1. The van der Waals surface area contributed by atoms with Gasteiger partial charge in [0.15, 0.2) is 0 Å². The molecule has 0 saturated carbocycles. The first kappa shape index (κ1) is 19.0. The molecule has 0 atom stereocenters. The zero-order valence-electron chi connectivity index (χ0n) is 14.5. The Balaban J connectivity index is 1.70. The van der Waals surface area contributed by atoms with E-state index in [1.807, 2.05) is 30.5 Å². The molecule has 0 fully saturated rings. The summed E-state index contributed by atoms with van der Waals surface area (Å²) in [5.74, 6) is -0.259. The molecule has 138 valence electrons. The third-order valence-corrected chi connectivity index (χ3v) is 5.90. The normalized spacial score (nSPS) is 11.0. The molecule has 0 aromatic heterocycles. The topological polar surface area (TPSA) is 75.3 Å². The first-order valence-electron chi connectivity index (χ1n) is 8.11. The van der Waals surface area contributed by atoms with Crippen LogP contribution in [0.25, 0.3) is 0 Å². The Hall–Kier alpha value is -2.77. The van der Waals surface area contributed by atoms with Crippen molar-refractivity contribution >= 4 is 39.1 Å². The van der Waals surface area contributed by atoms with Gasteiger partial charge in [0.05, 0.1) is 4.90 Å². The molecular weight excluding hydrogens is 380 g/mol. The first-order valence-corrected chi connectivity index (χ1v) is 10.8. The van der Waals surface area contributed by atoms with Crippen LogP contribution in [0.4, 0.5) is 11.4 Å². The quantitative estimate of drug-likeness (QED) is 0.601.